The van der Waals surface area contributed by atoms with Crippen molar-refractivity contribution in [2.75, 3.05) is 4.90 Å². The molecule has 27 heavy (non-hydrogen) atoms. The molecule has 1 heterocycles. The zero-order valence-corrected chi connectivity index (χ0v) is 15.4. The number of nitrogens with zero attached hydrogens (tertiary/aromatic N) is 1. The van der Waals surface area contributed by atoms with Crippen LogP contribution in [0.25, 0.3) is 10.8 Å². The standard InChI is InChI=1S/C23H21NO3/c1-15-13-19-9-5-6-10-21(19)24(15)22(25)16(2)27-23(26)20-12-11-17-7-3-4-8-18(17)14-20/h3-12,14-16H,13H2,1-2H3/t15-,16+/m0/s1. The van der Waals surface area contributed by atoms with Crippen LogP contribution < -0.4 is 4.90 Å². The van der Waals surface area contributed by atoms with Crippen LogP contribution in [0.5, 0.6) is 0 Å². The third kappa shape index (κ3) is 3.19. The highest BCUT2D eigenvalue weighted by Crippen LogP contribution is 2.32. The predicted molar refractivity (Wildman–Crippen MR) is 106 cm³/mol. The third-order valence-corrected chi connectivity index (χ3v) is 5.06. The average molecular weight is 359 g/mol. The van der Waals surface area contributed by atoms with Crippen molar-refractivity contribution in [3.63, 3.8) is 0 Å². The molecule has 136 valence electrons. The van der Waals surface area contributed by atoms with Crippen LogP contribution in [-0.4, -0.2) is 24.0 Å². The van der Waals surface area contributed by atoms with Gasteiger partial charge >= 0.3 is 5.97 Å². The van der Waals surface area contributed by atoms with E-state index in [4.69, 9.17) is 4.74 Å². The second-order valence-corrected chi connectivity index (χ2v) is 7.00. The summed E-state index contributed by atoms with van der Waals surface area (Å²) >= 11 is 0. The molecule has 0 aliphatic carbocycles. The van der Waals surface area contributed by atoms with Crippen molar-refractivity contribution < 1.29 is 14.3 Å². The van der Waals surface area contributed by atoms with Gasteiger partial charge in [-0.15, -0.1) is 0 Å². The fraction of sp³-hybridized carbons (Fsp3) is 0.217. The van der Waals surface area contributed by atoms with E-state index in [9.17, 15) is 9.59 Å². The van der Waals surface area contributed by atoms with Crippen molar-refractivity contribution in [1.29, 1.82) is 0 Å². The molecule has 0 saturated heterocycles. The first-order valence-electron chi connectivity index (χ1n) is 9.15. The molecule has 4 rings (SSSR count). The molecule has 0 saturated carbocycles. The largest absolute Gasteiger partial charge is 0.449 e. The van der Waals surface area contributed by atoms with Crippen LogP contribution in [-0.2, 0) is 16.0 Å². The highest BCUT2D eigenvalue weighted by Gasteiger charge is 2.34. The van der Waals surface area contributed by atoms with Gasteiger partial charge in [0.1, 0.15) is 0 Å². The molecular weight excluding hydrogens is 338 g/mol. The summed E-state index contributed by atoms with van der Waals surface area (Å²) in [4.78, 5) is 27.2. The Kier molecular flexibility index (Phi) is 4.40. The second-order valence-electron chi connectivity index (χ2n) is 7.00. The van der Waals surface area contributed by atoms with E-state index in [0.29, 0.717) is 5.56 Å². The Labute approximate surface area is 158 Å². The van der Waals surface area contributed by atoms with Gasteiger partial charge in [-0.05, 0) is 54.8 Å². The molecule has 0 aromatic heterocycles. The van der Waals surface area contributed by atoms with Crippen molar-refractivity contribution >= 4 is 28.3 Å². The molecule has 3 aromatic rings. The van der Waals surface area contributed by atoms with Gasteiger partial charge in [-0.2, -0.15) is 0 Å². The smallest absolute Gasteiger partial charge is 0.338 e. The minimum atomic E-state index is -0.849. The zero-order valence-electron chi connectivity index (χ0n) is 15.4. The van der Waals surface area contributed by atoms with Gasteiger partial charge in [0.05, 0.1) is 5.56 Å². The minimum Gasteiger partial charge on any atom is -0.449 e. The monoisotopic (exact) mass is 359 g/mol. The summed E-state index contributed by atoms with van der Waals surface area (Å²) in [7, 11) is 0. The fourth-order valence-corrected chi connectivity index (χ4v) is 3.69. The Morgan fingerprint density at radius 2 is 1.70 bits per heavy atom. The molecule has 4 nitrogen and oxygen atoms in total. The summed E-state index contributed by atoms with van der Waals surface area (Å²) in [6.45, 7) is 3.64. The number of anilines is 1. The van der Waals surface area contributed by atoms with Gasteiger partial charge in [0.25, 0.3) is 5.91 Å². The number of hydrogen-bond donors (Lipinski definition) is 0. The Balaban J connectivity index is 1.52. The van der Waals surface area contributed by atoms with Gasteiger partial charge in [0.2, 0.25) is 0 Å². The average Bonchev–Trinajstić information content (AvgIpc) is 3.02. The SMILES string of the molecule is C[C@@H](OC(=O)c1ccc2ccccc2c1)C(=O)N1c2ccccc2C[C@@H]1C. The molecular formula is C23H21NO3. The number of benzene rings is 3. The van der Waals surface area contributed by atoms with E-state index in [1.165, 1.54) is 0 Å². The Hall–Kier alpha value is -3.14. The van der Waals surface area contributed by atoms with Gasteiger partial charge in [-0.1, -0.05) is 48.5 Å². The lowest BCUT2D eigenvalue weighted by Crippen LogP contribution is -2.43. The van der Waals surface area contributed by atoms with E-state index in [0.717, 1.165) is 28.4 Å². The fourth-order valence-electron chi connectivity index (χ4n) is 3.69. The van der Waals surface area contributed by atoms with Crippen molar-refractivity contribution in [2.45, 2.75) is 32.4 Å². The number of rotatable bonds is 3. The second kappa shape index (κ2) is 6.88. The van der Waals surface area contributed by atoms with Crippen LogP contribution in [0.2, 0.25) is 0 Å². The summed E-state index contributed by atoms with van der Waals surface area (Å²) in [5.74, 6) is -0.677. The van der Waals surface area contributed by atoms with Crippen LogP contribution in [0.1, 0.15) is 29.8 Å². The summed E-state index contributed by atoms with van der Waals surface area (Å²) < 4.78 is 5.49. The number of hydrogen-bond acceptors (Lipinski definition) is 3. The van der Waals surface area contributed by atoms with Crippen molar-refractivity contribution in [3.05, 3.63) is 77.9 Å². The number of carbonyl (C=O) groups is 2. The predicted octanol–water partition coefficient (Wildman–Crippen LogP) is 4.36. The normalized spacial score (nSPS) is 16.8. The highest BCUT2D eigenvalue weighted by atomic mass is 16.5. The van der Waals surface area contributed by atoms with E-state index in [-0.39, 0.29) is 11.9 Å². The minimum absolute atomic E-state index is 0.0525. The topological polar surface area (TPSA) is 46.6 Å². The first-order valence-corrected chi connectivity index (χ1v) is 9.15. The molecule has 0 bridgehead atoms. The Bertz CT molecular complexity index is 1030. The number of amides is 1. The van der Waals surface area contributed by atoms with Crippen molar-refractivity contribution in [1.82, 2.24) is 0 Å². The zero-order chi connectivity index (χ0) is 19.0. The Morgan fingerprint density at radius 1 is 1.00 bits per heavy atom. The molecule has 1 aliphatic heterocycles. The molecule has 3 aromatic carbocycles. The van der Waals surface area contributed by atoms with Crippen molar-refractivity contribution in [2.24, 2.45) is 0 Å². The number of fused-ring (bicyclic) bond motifs is 2. The third-order valence-electron chi connectivity index (χ3n) is 5.06. The lowest BCUT2D eigenvalue weighted by Gasteiger charge is -2.26. The maximum atomic E-state index is 12.9. The maximum Gasteiger partial charge on any atom is 0.338 e. The van der Waals surface area contributed by atoms with Gasteiger partial charge < -0.3 is 9.64 Å². The lowest BCUT2D eigenvalue weighted by molar-refractivity contribution is -0.126. The van der Waals surface area contributed by atoms with E-state index in [2.05, 4.69) is 0 Å². The van der Waals surface area contributed by atoms with E-state index >= 15 is 0 Å². The molecule has 2 atom stereocenters. The lowest BCUT2D eigenvalue weighted by atomic mass is 10.1. The quantitative estimate of drug-likeness (QED) is 0.653. The van der Waals surface area contributed by atoms with Crippen LogP contribution in [0.4, 0.5) is 5.69 Å². The molecule has 0 unspecified atom stereocenters. The Morgan fingerprint density at radius 3 is 2.52 bits per heavy atom. The van der Waals surface area contributed by atoms with Gasteiger partial charge in [0, 0.05) is 11.7 Å². The molecule has 0 fully saturated rings. The van der Waals surface area contributed by atoms with Crippen LogP contribution in [0.15, 0.2) is 66.7 Å². The molecule has 0 spiro atoms. The summed E-state index contributed by atoms with van der Waals surface area (Å²) in [5.41, 5.74) is 2.50. The van der Waals surface area contributed by atoms with Crippen LogP contribution >= 0.6 is 0 Å². The summed E-state index contributed by atoms with van der Waals surface area (Å²) in [6.07, 6.45) is -0.0367. The molecule has 0 radical (unpaired) electrons. The molecule has 4 heteroatoms. The van der Waals surface area contributed by atoms with E-state index < -0.39 is 12.1 Å². The highest BCUT2D eigenvalue weighted by molar-refractivity contribution is 6.01. The first kappa shape index (κ1) is 17.3. The first-order chi connectivity index (χ1) is 13.0. The molecule has 1 aliphatic rings. The maximum absolute atomic E-state index is 12.9. The van der Waals surface area contributed by atoms with Crippen LogP contribution in [0, 0.1) is 0 Å². The number of carbonyl (C=O) groups excluding carboxylic acids is 2. The van der Waals surface area contributed by atoms with Crippen molar-refractivity contribution in [3.8, 4) is 0 Å². The molecule has 1 amide bonds. The summed E-state index contributed by atoms with van der Waals surface area (Å²) in [6, 6.07) is 21.1. The van der Waals surface area contributed by atoms with Crippen LogP contribution in [0.3, 0.4) is 0 Å². The molecule has 0 N–H and O–H groups in total. The van der Waals surface area contributed by atoms with Gasteiger partial charge in [-0.25, -0.2) is 4.79 Å². The van der Waals surface area contributed by atoms with Gasteiger partial charge in [0.15, 0.2) is 6.10 Å². The number of ether oxygens (including phenoxy) is 1. The summed E-state index contributed by atoms with van der Waals surface area (Å²) in [5, 5.41) is 2.02. The number of esters is 1. The van der Waals surface area contributed by atoms with E-state index in [1.807, 2.05) is 61.5 Å². The number of para-hydroxylation sites is 1. The van der Waals surface area contributed by atoms with Gasteiger partial charge in [-0.3, -0.25) is 4.79 Å². The van der Waals surface area contributed by atoms with E-state index in [1.54, 1.807) is 24.0 Å².